The predicted octanol–water partition coefficient (Wildman–Crippen LogP) is 6.22. The average molecular weight is 490 g/mol. The number of aromatic hydroxyl groups is 2. The maximum absolute atomic E-state index is 13.6. The van der Waals surface area contributed by atoms with Gasteiger partial charge in [0, 0.05) is 24.2 Å². The summed E-state index contributed by atoms with van der Waals surface area (Å²) in [6.07, 6.45) is 0.717. The number of halogens is 1. The number of phenolic OH excluding ortho intramolecular Hbond substituents is 2. The van der Waals surface area contributed by atoms with Crippen molar-refractivity contribution in [2.75, 3.05) is 26.4 Å². The van der Waals surface area contributed by atoms with E-state index in [1.54, 1.807) is 36.4 Å². The molecule has 2 atom stereocenters. The van der Waals surface area contributed by atoms with Crippen molar-refractivity contribution in [3.63, 3.8) is 0 Å². The third kappa shape index (κ3) is 4.78. The van der Waals surface area contributed by atoms with Crippen LogP contribution in [-0.4, -0.2) is 47.5 Å². The summed E-state index contributed by atoms with van der Waals surface area (Å²) in [6, 6.07) is 19.7. The summed E-state index contributed by atoms with van der Waals surface area (Å²) in [5.74, 6) is 2.38. The van der Waals surface area contributed by atoms with E-state index in [1.807, 2.05) is 37.3 Å². The number of likely N-dealkylation sites (tertiary alicyclic amines) is 1. The zero-order valence-electron chi connectivity index (χ0n) is 20.7. The highest BCUT2D eigenvalue weighted by Gasteiger charge is 2.32. The first-order valence-corrected chi connectivity index (χ1v) is 12.5. The minimum atomic E-state index is -0.420. The smallest absolute Gasteiger partial charge is 0.150 e. The van der Waals surface area contributed by atoms with E-state index < -0.39 is 12.8 Å². The summed E-state index contributed by atoms with van der Waals surface area (Å²) in [4.78, 5) is 2.16. The highest BCUT2D eigenvalue weighted by Crippen LogP contribution is 2.47. The molecule has 1 saturated heterocycles. The van der Waals surface area contributed by atoms with Crippen LogP contribution < -0.4 is 9.47 Å². The number of benzene rings is 3. The van der Waals surface area contributed by atoms with Crippen molar-refractivity contribution in [2.45, 2.75) is 32.4 Å². The molecule has 5 rings (SSSR count). The fourth-order valence-corrected chi connectivity index (χ4v) is 5.06. The number of nitrogens with zero attached hydrogens (tertiary/aromatic N) is 1. The summed E-state index contributed by atoms with van der Waals surface area (Å²) in [7, 11) is 0. The second-order valence-corrected chi connectivity index (χ2v) is 9.68. The summed E-state index contributed by atoms with van der Waals surface area (Å²) < 4.78 is 26.0. The predicted molar refractivity (Wildman–Crippen MR) is 139 cm³/mol. The Hall–Kier alpha value is -3.51. The van der Waals surface area contributed by atoms with Gasteiger partial charge in [0.2, 0.25) is 0 Å². The first-order chi connectivity index (χ1) is 17.5. The molecule has 188 valence electrons. The third-order valence-corrected chi connectivity index (χ3v) is 7.32. The van der Waals surface area contributed by atoms with Crippen molar-refractivity contribution in [1.82, 2.24) is 4.90 Å². The number of fused-ring (bicyclic) bond motifs is 1. The molecule has 2 heterocycles. The molecule has 0 spiro atoms. The maximum Gasteiger partial charge on any atom is 0.150 e. The molecule has 3 aromatic carbocycles. The Bertz CT molecular complexity index is 1250. The van der Waals surface area contributed by atoms with Crippen LogP contribution >= 0.6 is 0 Å². The van der Waals surface area contributed by atoms with E-state index in [0.29, 0.717) is 24.0 Å². The Kier molecular flexibility index (Phi) is 6.88. The molecule has 2 N–H and O–H groups in total. The Morgan fingerprint density at radius 1 is 1.03 bits per heavy atom. The lowest BCUT2D eigenvalue weighted by Crippen LogP contribution is -2.54. The molecule has 0 radical (unpaired) electrons. The van der Waals surface area contributed by atoms with E-state index in [1.165, 1.54) is 0 Å². The van der Waals surface area contributed by atoms with E-state index in [2.05, 4.69) is 11.8 Å². The first kappa shape index (κ1) is 24.2. The lowest BCUT2D eigenvalue weighted by atomic mass is 9.86. The second-order valence-electron chi connectivity index (χ2n) is 9.68. The number of phenols is 2. The van der Waals surface area contributed by atoms with Gasteiger partial charge < -0.3 is 19.7 Å². The van der Waals surface area contributed by atoms with Crippen LogP contribution in [0.25, 0.3) is 11.1 Å². The van der Waals surface area contributed by atoms with Crippen molar-refractivity contribution < 1.29 is 24.1 Å². The van der Waals surface area contributed by atoms with Crippen LogP contribution in [0.4, 0.5) is 4.39 Å². The normalized spacial score (nSPS) is 18.8. The molecule has 2 aliphatic rings. The van der Waals surface area contributed by atoms with Crippen LogP contribution in [0.15, 0.2) is 66.7 Å². The molecule has 1 fully saturated rings. The van der Waals surface area contributed by atoms with Gasteiger partial charge in [-0.25, -0.2) is 4.39 Å². The molecule has 1 unspecified atom stereocenters. The molecule has 36 heavy (non-hydrogen) atoms. The van der Waals surface area contributed by atoms with Crippen molar-refractivity contribution in [3.05, 3.63) is 83.4 Å². The van der Waals surface area contributed by atoms with Gasteiger partial charge in [-0.15, -0.1) is 0 Å². The van der Waals surface area contributed by atoms with E-state index >= 15 is 0 Å². The van der Waals surface area contributed by atoms with Gasteiger partial charge in [-0.1, -0.05) is 37.6 Å². The van der Waals surface area contributed by atoms with Crippen molar-refractivity contribution in [2.24, 2.45) is 5.92 Å². The van der Waals surface area contributed by atoms with Crippen LogP contribution in [-0.2, 0) is 0 Å². The number of alkyl halides is 1. The summed E-state index contributed by atoms with van der Waals surface area (Å²) in [6.45, 7) is 5.95. The minimum absolute atomic E-state index is 0.168. The maximum atomic E-state index is 13.6. The van der Waals surface area contributed by atoms with E-state index in [9.17, 15) is 14.6 Å². The quantitative estimate of drug-likeness (QED) is 0.393. The largest absolute Gasteiger partial charge is 0.508 e. The average Bonchev–Trinajstić information content (AvgIpc) is 2.86. The summed E-state index contributed by atoms with van der Waals surface area (Å²) >= 11 is 0. The third-order valence-electron chi connectivity index (χ3n) is 7.32. The Balaban J connectivity index is 1.39. The molecule has 0 bridgehead atoms. The van der Waals surface area contributed by atoms with Crippen LogP contribution in [0.2, 0.25) is 0 Å². The zero-order chi connectivity index (χ0) is 25.2. The molecule has 5 nitrogen and oxygen atoms in total. The molecule has 6 heteroatoms. The second kappa shape index (κ2) is 10.2. The van der Waals surface area contributed by atoms with Gasteiger partial charge in [-0.05, 0) is 72.0 Å². The summed E-state index contributed by atoms with van der Waals surface area (Å²) in [5, 5.41) is 20.2. The molecule has 2 aliphatic heterocycles. The number of allylic oxidation sites excluding steroid dienone is 1. The zero-order valence-corrected chi connectivity index (χ0v) is 20.7. The number of rotatable bonds is 8. The standard InChI is InChI=1S/C30H32FNO4/c1-3-20-16-32(17-20)23(15-31)18-35-26-10-7-21(8-11-26)30-29(22-5-4-6-24(33)13-22)19(2)27-14-25(34)9-12-28(27)36-30/h4-14,20,23,30,33-34H,3,15-18H2,1-2H3/t23-,30?/m0/s1. The van der Waals surface area contributed by atoms with Crippen LogP contribution in [0.3, 0.4) is 0 Å². The number of hydrogen-bond acceptors (Lipinski definition) is 5. The van der Waals surface area contributed by atoms with Gasteiger partial charge in [0.05, 0.1) is 6.04 Å². The Labute approximate surface area is 211 Å². The van der Waals surface area contributed by atoms with Gasteiger partial charge in [0.15, 0.2) is 0 Å². The highest BCUT2D eigenvalue weighted by atomic mass is 19.1. The van der Waals surface area contributed by atoms with Crippen LogP contribution in [0, 0.1) is 5.92 Å². The van der Waals surface area contributed by atoms with E-state index in [-0.39, 0.29) is 17.5 Å². The number of ether oxygens (including phenoxy) is 2. The molecule has 0 saturated carbocycles. The topological polar surface area (TPSA) is 62.2 Å². The molecule has 0 amide bonds. The molecular formula is C30H32FNO4. The molecular weight excluding hydrogens is 457 g/mol. The van der Waals surface area contributed by atoms with Crippen LogP contribution in [0.1, 0.15) is 43.1 Å². The van der Waals surface area contributed by atoms with Crippen LogP contribution in [0.5, 0.6) is 23.0 Å². The van der Waals surface area contributed by atoms with Gasteiger partial charge in [-0.3, -0.25) is 4.90 Å². The van der Waals surface area contributed by atoms with Crippen molar-refractivity contribution >= 4 is 11.1 Å². The lowest BCUT2D eigenvalue weighted by Gasteiger charge is -2.43. The molecule has 3 aromatic rings. The van der Waals surface area contributed by atoms with Crippen molar-refractivity contribution in [3.8, 4) is 23.0 Å². The highest BCUT2D eigenvalue weighted by molar-refractivity contribution is 5.95. The van der Waals surface area contributed by atoms with Gasteiger partial charge >= 0.3 is 0 Å². The Morgan fingerprint density at radius 2 is 1.78 bits per heavy atom. The monoisotopic (exact) mass is 489 g/mol. The fourth-order valence-electron chi connectivity index (χ4n) is 5.06. The minimum Gasteiger partial charge on any atom is -0.508 e. The SMILES string of the molecule is CCC1CN([C@@H](CF)COc2ccc(C3Oc4ccc(O)cc4C(C)=C3c3cccc(O)c3)cc2)C1. The fraction of sp³-hybridized carbons (Fsp3) is 0.333. The van der Waals surface area contributed by atoms with E-state index in [4.69, 9.17) is 9.47 Å². The van der Waals surface area contributed by atoms with Gasteiger partial charge in [0.25, 0.3) is 0 Å². The van der Waals surface area contributed by atoms with Crippen molar-refractivity contribution in [1.29, 1.82) is 0 Å². The summed E-state index contributed by atoms with van der Waals surface area (Å²) in [5.41, 5.74) is 4.47. The molecule has 0 aliphatic carbocycles. The van der Waals surface area contributed by atoms with Gasteiger partial charge in [-0.2, -0.15) is 0 Å². The lowest BCUT2D eigenvalue weighted by molar-refractivity contribution is 0.0171. The first-order valence-electron chi connectivity index (χ1n) is 12.5. The van der Waals surface area contributed by atoms with Gasteiger partial charge in [0.1, 0.15) is 42.4 Å². The number of hydrogen-bond donors (Lipinski definition) is 2. The van der Waals surface area contributed by atoms with E-state index in [0.717, 1.165) is 47.3 Å². The molecule has 0 aromatic heterocycles. The Morgan fingerprint density at radius 3 is 2.47 bits per heavy atom.